The van der Waals surface area contributed by atoms with Crippen molar-refractivity contribution in [3.8, 4) is 0 Å². The zero-order valence-electron chi connectivity index (χ0n) is 12.5. The van der Waals surface area contributed by atoms with Crippen LogP contribution in [0.1, 0.15) is 36.9 Å². The van der Waals surface area contributed by atoms with Gasteiger partial charge in [0, 0.05) is 19.7 Å². The number of nitrogens with one attached hydrogen (secondary N) is 2. The standard InChI is InChI=1S/C13H24N4O2S/c1-8(2)7-9(3)16-12(18)10-11(14)17-13(20-10)15-5-6-19-4/h8-9H,5-7,14H2,1-4H3,(H,15,17)(H,16,18). The van der Waals surface area contributed by atoms with Crippen LogP contribution >= 0.6 is 11.3 Å². The van der Waals surface area contributed by atoms with Crippen LogP contribution in [0.4, 0.5) is 10.9 Å². The summed E-state index contributed by atoms with van der Waals surface area (Å²) in [4.78, 5) is 16.7. The number of carbonyl (C=O) groups is 1. The summed E-state index contributed by atoms with van der Waals surface area (Å²) in [5.74, 6) is 0.646. The maximum absolute atomic E-state index is 12.1. The number of thiazole rings is 1. The SMILES string of the molecule is COCCNc1nc(N)c(C(=O)NC(C)CC(C)C)s1. The Morgan fingerprint density at radius 3 is 2.75 bits per heavy atom. The van der Waals surface area contributed by atoms with E-state index in [1.807, 2.05) is 6.92 Å². The van der Waals surface area contributed by atoms with Crippen LogP contribution in [-0.2, 0) is 4.74 Å². The lowest BCUT2D eigenvalue weighted by molar-refractivity contribution is 0.0941. The summed E-state index contributed by atoms with van der Waals surface area (Å²) in [5, 5.41) is 6.66. The molecule has 114 valence electrons. The third kappa shape index (κ3) is 5.34. The van der Waals surface area contributed by atoms with Gasteiger partial charge in [-0.1, -0.05) is 25.2 Å². The molecule has 4 N–H and O–H groups in total. The number of anilines is 2. The van der Waals surface area contributed by atoms with Crippen molar-refractivity contribution in [2.24, 2.45) is 5.92 Å². The molecule has 0 aliphatic carbocycles. The van der Waals surface area contributed by atoms with Gasteiger partial charge in [0.25, 0.3) is 5.91 Å². The minimum atomic E-state index is -0.159. The van der Waals surface area contributed by atoms with Crippen molar-refractivity contribution in [2.75, 3.05) is 31.3 Å². The minimum absolute atomic E-state index is 0.119. The second-order valence-electron chi connectivity index (χ2n) is 5.16. The maximum atomic E-state index is 12.1. The summed E-state index contributed by atoms with van der Waals surface area (Å²) in [7, 11) is 1.63. The van der Waals surface area contributed by atoms with E-state index in [-0.39, 0.29) is 17.8 Å². The van der Waals surface area contributed by atoms with Crippen LogP contribution in [0.5, 0.6) is 0 Å². The van der Waals surface area contributed by atoms with Crippen molar-refractivity contribution in [3.05, 3.63) is 4.88 Å². The van der Waals surface area contributed by atoms with Crippen molar-refractivity contribution in [3.63, 3.8) is 0 Å². The highest BCUT2D eigenvalue weighted by molar-refractivity contribution is 7.18. The van der Waals surface area contributed by atoms with E-state index in [2.05, 4.69) is 29.5 Å². The number of hydrogen-bond donors (Lipinski definition) is 3. The lowest BCUT2D eigenvalue weighted by atomic mass is 10.1. The number of methoxy groups -OCH3 is 1. The molecule has 1 heterocycles. The van der Waals surface area contributed by atoms with Gasteiger partial charge in [-0.2, -0.15) is 0 Å². The molecule has 1 atom stereocenters. The molecule has 0 fully saturated rings. The number of hydrogen-bond acceptors (Lipinski definition) is 6. The summed E-state index contributed by atoms with van der Waals surface area (Å²) in [5.41, 5.74) is 5.79. The smallest absolute Gasteiger partial charge is 0.265 e. The highest BCUT2D eigenvalue weighted by atomic mass is 32.1. The van der Waals surface area contributed by atoms with Gasteiger partial charge in [-0.3, -0.25) is 4.79 Å². The van der Waals surface area contributed by atoms with Crippen LogP contribution in [-0.4, -0.2) is 37.2 Å². The average Bonchev–Trinajstić information content (AvgIpc) is 2.69. The predicted molar refractivity (Wildman–Crippen MR) is 83.3 cm³/mol. The first-order valence-corrected chi connectivity index (χ1v) is 7.55. The summed E-state index contributed by atoms with van der Waals surface area (Å²) < 4.78 is 4.94. The second-order valence-corrected chi connectivity index (χ2v) is 6.16. The molecule has 0 spiro atoms. The Hall–Kier alpha value is -1.34. The number of carbonyl (C=O) groups excluding carboxylic acids is 1. The van der Waals surface area contributed by atoms with Crippen LogP contribution in [0.3, 0.4) is 0 Å². The van der Waals surface area contributed by atoms with Crippen LogP contribution in [0, 0.1) is 5.92 Å². The van der Waals surface area contributed by atoms with Crippen molar-refractivity contribution in [1.82, 2.24) is 10.3 Å². The Morgan fingerprint density at radius 1 is 1.45 bits per heavy atom. The highest BCUT2D eigenvalue weighted by Gasteiger charge is 2.18. The van der Waals surface area contributed by atoms with E-state index in [0.29, 0.717) is 29.1 Å². The van der Waals surface area contributed by atoms with Crippen LogP contribution in [0.2, 0.25) is 0 Å². The predicted octanol–water partition coefficient (Wildman–Crippen LogP) is 1.95. The van der Waals surface area contributed by atoms with Gasteiger partial charge in [0.1, 0.15) is 10.7 Å². The summed E-state index contributed by atoms with van der Waals surface area (Å²) in [6.07, 6.45) is 0.934. The zero-order chi connectivity index (χ0) is 15.1. The summed E-state index contributed by atoms with van der Waals surface area (Å²) in [6, 6.07) is 0.119. The Balaban J connectivity index is 2.59. The molecular formula is C13H24N4O2S. The molecule has 1 unspecified atom stereocenters. The van der Waals surface area contributed by atoms with Gasteiger partial charge in [0.15, 0.2) is 5.13 Å². The van der Waals surface area contributed by atoms with E-state index in [4.69, 9.17) is 10.5 Å². The van der Waals surface area contributed by atoms with Gasteiger partial charge in [-0.25, -0.2) is 4.98 Å². The quantitative estimate of drug-likeness (QED) is 0.639. The van der Waals surface area contributed by atoms with Gasteiger partial charge in [-0.05, 0) is 19.3 Å². The van der Waals surface area contributed by atoms with Crippen molar-refractivity contribution >= 4 is 28.2 Å². The van der Waals surface area contributed by atoms with Crippen LogP contribution in [0.25, 0.3) is 0 Å². The van der Waals surface area contributed by atoms with E-state index >= 15 is 0 Å². The van der Waals surface area contributed by atoms with Gasteiger partial charge in [0.2, 0.25) is 0 Å². The third-order valence-corrected chi connectivity index (χ3v) is 3.67. The van der Waals surface area contributed by atoms with Gasteiger partial charge < -0.3 is 21.1 Å². The molecule has 6 nitrogen and oxygen atoms in total. The first-order chi connectivity index (χ1) is 9.43. The Kier molecular flexibility index (Phi) is 6.74. The first kappa shape index (κ1) is 16.7. The Morgan fingerprint density at radius 2 is 2.15 bits per heavy atom. The molecule has 0 aromatic carbocycles. The van der Waals surface area contributed by atoms with Gasteiger partial charge in [0.05, 0.1) is 6.61 Å². The summed E-state index contributed by atoms with van der Waals surface area (Å²) in [6.45, 7) is 7.46. The fourth-order valence-electron chi connectivity index (χ4n) is 1.89. The number of amides is 1. The number of nitrogen functional groups attached to an aromatic ring is 1. The molecule has 0 aliphatic rings. The van der Waals surface area contributed by atoms with Gasteiger partial charge in [-0.15, -0.1) is 0 Å². The average molecular weight is 300 g/mol. The fourth-order valence-corrected chi connectivity index (χ4v) is 2.70. The Labute approximate surface area is 124 Å². The van der Waals surface area contributed by atoms with Crippen molar-refractivity contribution < 1.29 is 9.53 Å². The molecule has 0 aliphatic heterocycles. The van der Waals surface area contributed by atoms with Crippen molar-refractivity contribution in [2.45, 2.75) is 33.2 Å². The first-order valence-electron chi connectivity index (χ1n) is 6.74. The molecule has 0 radical (unpaired) electrons. The molecule has 0 saturated carbocycles. The van der Waals surface area contributed by atoms with Gasteiger partial charge >= 0.3 is 0 Å². The van der Waals surface area contributed by atoms with E-state index in [1.165, 1.54) is 11.3 Å². The maximum Gasteiger partial charge on any atom is 0.265 e. The van der Waals surface area contributed by atoms with E-state index < -0.39 is 0 Å². The van der Waals surface area contributed by atoms with E-state index in [0.717, 1.165) is 6.42 Å². The highest BCUT2D eigenvalue weighted by Crippen LogP contribution is 2.24. The number of nitrogens with two attached hydrogens (primary N) is 1. The Bertz CT molecular complexity index is 434. The second kappa shape index (κ2) is 8.06. The number of rotatable bonds is 8. The molecule has 1 aromatic rings. The van der Waals surface area contributed by atoms with Crippen LogP contribution < -0.4 is 16.4 Å². The van der Waals surface area contributed by atoms with E-state index in [9.17, 15) is 4.79 Å². The van der Waals surface area contributed by atoms with E-state index in [1.54, 1.807) is 7.11 Å². The summed E-state index contributed by atoms with van der Waals surface area (Å²) >= 11 is 1.26. The normalized spacial score (nSPS) is 12.4. The molecule has 0 bridgehead atoms. The fraction of sp³-hybridized carbons (Fsp3) is 0.692. The number of ether oxygens (including phenoxy) is 1. The topological polar surface area (TPSA) is 89.3 Å². The molecule has 20 heavy (non-hydrogen) atoms. The lowest BCUT2D eigenvalue weighted by Gasteiger charge is -2.15. The molecule has 1 rings (SSSR count). The third-order valence-electron chi connectivity index (χ3n) is 2.64. The molecule has 7 heteroatoms. The largest absolute Gasteiger partial charge is 0.383 e. The monoisotopic (exact) mass is 300 g/mol. The molecule has 0 saturated heterocycles. The zero-order valence-corrected chi connectivity index (χ0v) is 13.3. The number of aromatic nitrogens is 1. The number of nitrogens with zero attached hydrogens (tertiary/aromatic N) is 1. The molecule has 1 aromatic heterocycles. The van der Waals surface area contributed by atoms with Crippen LogP contribution in [0.15, 0.2) is 0 Å². The molecule has 1 amide bonds. The van der Waals surface area contributed by atoms with Crippen molar-refractivity contribution in [1.29, 1.82) is 0 Å². The molecular weight excluding hydrogens is 276 g/mol. The lowest BCUT2D eigenvalue weighted by Crippen LogP contribution is -2.33. The minimum Gasteiger partial charge on any atom is -0.383 e.